The van der Waals surface area contributed by atoms with Crippen molar-refractivity contribution in [3.63, 3.8) is 0 Å². The maximum Gasteiger partial charge on any atom is 0.320 e. The van der Waals surface area contributed by atoms with Crippen LogP contribution in [0.15, 0.2) is 18.2 Å². The van der Waals surface area contributed by atoms with Crippen molar-refractivity contribution in [2.24, 2.45) is 12.8 Å². The zero-order valence-electron chi connectivity index (χ0n) is 14.4. The van der Waals surface area contributed by atoms with Gasteiger partial charge in [0.05, 0.1) is 11.0 Å². The minimum Gasteiger partial charge on any atom is -0.480 e. The number of carboxylic acids is 1. The molecule has 0 radical (unpaired) electrons. The lowest BCUT2D eigenvalue weighted by Crippen LogP contribution is -2.30. The fraction of sp³-hybridized carbons (Fsp3) is 0.500. The standard InChI is InChI=1S/C16H22Cl2N4O2.2ClH/c1-21-14-4-2-11(22(8-6-17)9-7-18)10-13(14)20-15(21)5-3-12(19)16(23)24;;/h2,4,10,12H,3,5-9,19H2,1H3,(H,23,24);2*1H. The fourth-order valence-corrected chi connectivity index (χ4v) is 3.05. The van der Waals surface area contributed by atoms with E-state index < -0.39 is 12.0 Å². The van der Waals surface area contributed by atoms with Crippen LogP contribution in [0.1, 0.15) is 12.2 Å². The van der Waals surface area contributed by atoms with E-state index in [1.54, 1.807) is 0 Å². The molecule has 0 aliphatic heterocycles. The first kappa shape index (κ1) is 25.1. The van der Waals surface area contributed by atoms with Gasteiger partial charge in [0.1, 0.15) is 11.9 Å². The molecule has 0 aliphatic carbocycles. The molecule has 148 valence electrons. The molecule has 0 amide bonds. The van der Waals surface area contributed by atoms with Crippen LogP contribution in [0.3, 0.4) is 0 Å². The quantitative estimate of drug-likeness (QED) is 0.579. The lowest BCUT2D eigenvalue weighted by Gasteiger charge is -2.22. The van der Waals surface area contributed by atoms with Gasteiger partial charge in [-0.15, -0.1) is 48.0 Å². The number of imidazole rings is 1. The molecule has 1 heterocycles. The normalized spacial score (nSPS) is 11.5. The molecular weight excluding hydrogens is 422 g/mol. The van der Waals surface area contributed by atoms with E-state index in [1.165, 1.54) is 0 Å². The number of alkyl halides is 2. The molecule has 1 aromatic heterocycles. The van der Waals surface area contributed by atoms with Crippen molar-refractivity contribution in [1.82, 2.24) is 9.55 Å². The third-order valence-corrected chi connectivity index (χ3v) is 4.37. The van der Waals surface area contributed by atoms with E-state index >= 15 is 0 Å². The summed E-state index contributed by atoms with van der Waals surface area (Å²) < 4.78 is 1.97. The van der Waals surface area contributed by atoms with Crippen molar-refractivity contribution in [2.75, 3.05) is 29.7 Å². The Morgan fingerprint density at radius 2 is 1.92 bits per heavy atom. The monoisotopic (exact) mass is 444 g/mol. The molecule has 0 spiro atoms. The van der Waals surface area contributed by atoms with Gasteiger partial charge >= 0.3 is 5.97 Å². The number of carboxylic acid groups (broad SMARTS) is 1. The van der Waals surface area contributed by atoms with E-state index in [0.29, 0.717) is 37.7 Å². The molecule has 2 rings (SSSR count). The van der Waals surface area contributed by atoms with Gasteiger partial charge < -0.3 is 20.3 Å². The van der Waals surface area contributed by atoms with Gasteiger partial charge in [-0.2, -0.15) is 0 Å². The summed E-state index contributed by atoms with van der Waals surface area (Å²) in [6.45, 7) is 1.43. The number of rotatable bonds is 9. The molecule has 0 bridgehead atoms. The van der Waals surface area contributed by atoms with Crippen molar-refractivity contribution in [1.29, 1.82) is 0 Å². The van der Waals surface area contributed by atoms with Gasteiger partial charge in [0.15, 0.2) is 0 Å². The predicted molar refractivity (Wildman–Crippen MR) is 113 cm³/mol. The van der Waals surface area contributed by atoms with Crippen molar-refractivity contribution >= 4 is 70.7 Å². The largest absolute Gasteiger partial charge is 0.480 e. The minimum absolute atomic E-state index is 0. The average molecular weight is 446 g/mol. The first-order chi connectivity index (χ1) is 11.5. The lowest BCUT2D eigenvalue weighted by atomic mass is 10.1. The highest BCUT2D eigenvalue weighted by molar-refractivity contribution is 6.18. The van der Waals surface area contributed by atoms with Gasteiger partial charge in [-0.25, -0.2) is 4.98 Å². The van der Waals surface area contributed by atoms with Crippen LogP contribution in [0.25, 0.3) is 11.0 Å². The van der Waals surface area contributed by atoms with Crippen LogP contribution in [-0.2, 0) is 18.3 Å². The summed E-state index contributed by atoms with van der Waals surface area (Å²) in [5.41, 5.74) is 8.45. The molecule has 0 saturated carbocycles. The van der Waals surface area contributed by atoms with E-state index in [4.69, 9.17) is 34.0 Å². The van der Waals surface area contributed by atoms with E-state index in [1.807, 2.05) is 29.8 Å². The van der Waals surface area contributed by atoms with Gasteiger partial charge in [-0.3, -0.25) is 4.79 Å². The summed E-state index contributed by atoms with van der Waals surface area (Å²) in [4.78, 5) is 17.6. The SMILES string of the molecule is Cl.Cl.Cn1c(CCC(N)C(=O)O)nc2cc(N(CCCl)CCCl)ccc21. The highest BCUT2D eigenvalue weighted by Gasteiger charge is 2.15. The van der Waals surface area contributed by atoms with Gasteiger partial charge in [0.25, 0.3) is 0 Å². The average Bonchev–Trinajstić information content (AvgIpc) is 2.88. The molecule has 1 atom stereocenters. The zero-order chi connectivity index (χ0) is 17.7. The Morgan fingerprint density at radius 3 is 2.46 bits per heavy atom. The number of aromatic nitrogens is 2. The Morgan fingerprint density at radius 1 is 1.31 bits per heavy atom. The summed E-state index contributed by atoms with van der Waals surface area (Å²) >= 11 is 11.7. The van der Waals surface area contributed by atoms with E-state index in [9.17, 15) is 4.79 Å². The number of aryl methyl sites for hydroxylation is 2. The maximum atomic E-state index is 10.8. The Labute approximate surface area is 175 Å². The third-order valence-electron chi connectivity index (χ3n) is 4.03. The van der Waals surface area contributed by atoms with Gasteiger partial charge in [-0.05, 0) is 24.6 Å². The van der Waals surface area contributed by atoms with Crippen molar-refractivity contribution in [3.05, 3.63) is 24.0 Å². The van der Waals surface area contributed by atoms with Crippen LogP contribution in [0, 0.1) is 0 Å². The van der Waals surface area contributed by atoms with E-state index in [0.717, 1.165) is 22.5 Å². The number of nitrogens with zero attached hydrogens (tertiary/aromatic N) is 3. The topological polar surface area (TPSA) is 84.4 Å². The predicted octanol–water partition coefficient (Wildman–Crippen LogP) is 3.05. The number of aliphatic carboxylic acids is 1. The lowest BCUT2D eigenvalue weighted by molar-refractivity contribution is -0.138. The van der Waals surface area contributed by atoms with Gasteiger partial charge in [0, 0.05) is 44.0 Å². The number of halogens is 4. The van der Waals surface area contributed by atoms with Crippen LogP contribution < -0.4 is 10.6 Å². The summed E-state index contributed by atoms with van der Waals surface area (Å²) in [6.07, 6.45) is 0.866. The molecule has 26 heavy (non-hydrogen) atoms. The smallest absolute Gasteiger partial charge is 0.320 e. The number of benzene rings is 1. The number of carbonyl (C=O) groups is 1. The van der Waals surface area contributed by atoms with Crippen molar-refractivity contribution < 1.29 is 9.90 Å². The number of fused-ring (bicyclic) bond motifs is 1. The van der Waals surface area contributed by atoms with Crippen LogP contribution in [0.5, 0.6) is 0 Å². The molecule has 6 nitrogen and oxygen atoms in total. The molecular formula is C16H24Cl4N4O2. The summed E-state index contributed by atoms with van der Waals surface area (Å²) in [5.74, 6) is 0.874. The first-order valence-corrected chi connectivity index (χ1v) is 8.85. The van der Waals surface area contributed by atoms with Crippen molar-refractivity contribution in [3.8, 4) is 0 Å². The number of anilines is 1. The Kier molecular flexibility index (Phi) is 11.3. The molecule has 0 aliphatic rings. The molecule has 1 unspecified atom stereocenters. The molecule has 10 heteroatoms. The highest BCUT2D eigenvalue weighted by atomic mass is 35.5. The second-order valence-electron chi connectivity index (χ2n) is 5.61. The molecule has 0 fully saturated rings. The van der Waals surface area contributed by atoms with E-state index in [2.05, 4.69) is 9.88 Å². The summed E-state index contributed by atoms with van der Waals surface area (Å²) in [6, 6.07) is 5.17. The van der Waals surface area contributed by atoms with Crippen LogP contribution in [0.2, 0.25) is 0 Å². The summed E-state index contributed by atoms with van der Waals surface area (Å²) in [7, 11) is 1.92. The second-order valence-corrected chi connectivity index (χ2v) is 6.36. The highest BCUT2D eigenvalue weighted by Crippen LogP contribution is 2.23. The number of hydrogen-bond donors (Lipinski definition) is 2. The van der Waals surface area contributed by atoms with Crippen molar-refractivity contribution in [2.45, 2.75) is 18.9 Å². The Bertz CT molecular complexity index is 705. The van der Waals surface area contributed by atoms with Gasteiger partial charge in [0.2, 0.25) is 0 Å². The Balaban J connectivity index is 0.00000312. The zero-order valence-corrected chi connectivity index (χ0v) is 17.5. The van der Waals surface area contributed by atoms with Crippen LogP contribution >= 0.6 is 48.0 Å². The summed E-state index contributed by atoms with van der Waals surface area (Å²) in [5, 5.41) is 8.89. The number of nitrogens with two attached hydrogens (primary N) is 1. The second kappa shape index (κ2) is 11.7. The number of hydrogen-bond acceptors (Lipinski definition) is 4. The van der Waals surface area contributed by atoms with Crippen LogP contribution in [-0.4, -0.2) is 51.5 Å². The third kappa shape index (κ3) is 6.06. The minimum atomic E-state index is -0.992. The molecule has 1 aromatic carbocycles. The molecule has 3 N–H and O–H groups in total. The maximum absolute atomic E-state index is 10.8. The Hall–Kier alpha value is -0.920. The van der Waals surface area contributed by atoms with E-state index in [-0.39, 0.29) is 24.8 Å². The first-order valence-electron chi connectivity index (χ1n) is 7.78. The van der Waals surface area contributed by atoms with Gasteiger partial charge in [-0.1, -0.05) is 0 Å². The van der Waals surface area contributed by atoms with Crippen LogP contribution in [0.4, 0.5) is 5.69 Å². The molecule has 0 saturated heterocycles. The molecule has 2 aromatic rings. The fourth-order valence-electron chi connectivity index (χ4n) is 2.64.